The second kappa shape index (κ2) is 8.35. The Morgan fingerprint density at radius 3 is 2.00 bits per heavy atom. The largest absolute Gasteiger partial charge is 0.419 e. The lowest BCUT2D eigenvalue weighted by atomic mass is 9.93. The summed E-state index contributed by atoms with van der Waals surface area (Å²) in [6, 6.07) is 2.48. The molecular weight excluding hydrogens is 446 g/mol. The number of hydrogen-bond donors (Lipinski definition) is 0. The molecule has 31 heavy (non-hydrogen) atoms. The minimum Gasteiger partial charge on any atom is -0.298 e. The molecule has 11 heteroatoms. The van der Waals surface area contributed by atoms with Crippen LogP contribution in [0.5, 0.6) is 0 Å². The van der Waals surface area contributed by atoms with Crippen LogP contribution in [0.4, 0.5) is 43.9 Å². The first-order valence-electron chi connectivity index (χ1n) is 8.34. The molecule has 0 fully saturated rings. The van der Waals surface area contributed by atoms with Gasteiger partial charge in [-0.25, -0.2) is 17.6 Å². The van der Waals surface area contributed by atoms with Crippen molar-refractivity contribution in [1.29, 1.82) is 0 Å². The van der Waals surface area contributed by atoms with Crippen molar-refractivity contribution in [3.8, 4) is 0 Å². The quantitative estimate of drug-likeness (QED) is 0.337. The number of aldehydes is 1. The highest BCUT2D eigenvalue weighted by Crippen LogP contribution is 2.41. The van der Waals surface area contributed by atoms with Crippen LogP contribution in [-0.4, -0.2) is 12.5 Å². The van der Waals surface area contributed by atoms with E-state index in [1.54, 1.807) is 0 Å². The van der Waals surface area contributed by atoms with E-state index in [9.17, 15) is 48.7 Å². The zero-order valence-corrected chi connectivity index (χ0v) is 15.4. The Hall–Kier alpha value is -2.85. The Kier molecular flexibility index (Phi) is 6.58. The average molecular weight is 458 g/mol. The highest BCUT2D eigenvalue weighted by Gasteiger charge is 2.42. The van der Waals surface area contributed by atoms with E-state index in [0.29, 0.717) is 19.1 Å². The van der Waals surface area contributed by atoms with E-state index >= 15 is 0 Å². The molecule has 0 amide bonds. The molecule has 2 aromatic carbocycles. The van der Waals surface area contributed by atoms with E-state index in [-0.39, 0.29) is 24.5 Å². The van der Waals surface area contributed by atoms with Gasteiger partial charge in [-0.1, -0.05) is 18.2 Å². The van der Waals surface area contributed by atoms with Crippen LogP contribution in [0.2, 0.25) is 0 Å². The Morgan fingerprint density at radius 1 is 0.903 bits per heavy atom. The van der Waals surface area contributed by atoms with E-state index in [4.69, 9.17) is 0 Å². The summed E-state index contributed by atoms with van der Waals surface area (Å²) in [5.41, 5.74) is -5.31. The lowest BCUT2D eigenvalue weighted by Gasteiger charge is -2.20. The molecule has 1 unspecified atom stereocenters. The molecule has 0 heterocycles. The van der Waals surface area contributed by atoms with Gasteiger partial charge in [-0.2, -0.15) is 26.3 Å². The van der Waals surface area contributed by atoms with Crippen molar-refractivity contribution >= 4 is 12.1 Å². The third-order valence-electron chi connectivity index (χ3n) is 4.25. The van der Waals surface area contributed by atoms with Gasteiger partial charge in [-0.05, 0) is 29.8 Å². The van der Waals surface area contributed by atoms with E-state index in [0.717, 1.165) is 12.1 Å². The molecule has 0 aliphatic heterocycles. The third kappa shape index (κ3) is 5.65. The fourth-order valence-electron chi connectivity index (χ4n) is 2.76. The van der Waals surface area contributed by atoms with Crippen molar-refractivity contribution in [2.45, 2.75) is 31.1 Å². The first-order chi connectivity index (χ1) is 14.1. The number of rotatable bonds is 5. The monoisotopic (exact) mass is 458 g/mol. The van der Waals surface area contributed by atoms with Crippen molar-refractivity contribution in [1.82, 2.24) is 0 Å². The van der Waals surface area contributed by atoms with Gasteiger partial charge in [0, 0.05) is 23.6 Å². The van der Waals surface area contributed by atoms with Crippen molar-refractivity contribution in [2.75, 3.05) is 0 Å². The predicted octanol–water partition coefficient (Wildman–Crippen LogP) is 7.43. The highest BCUT2D eigenvalue weighted by atomic mass is 19.4. The van der Waals surface area contributed by atoms with Crippen LogP contribution < -0.4 is 0 Å². The number of halogens is 10. The molecule has 0 aliphatic carbocycles. The topological polar surface area (TPSA) is 17.1 Å². The van der Waals surface area contributed by atoms with E-state index in [1.807, 2.05) is 0 Å². The van der Waals surface area contributed by atoms with Crippen molar-refractivity contribution < 1.29 is 48.7 Å². The Bertz CT molecular complexity index is 996. The second-order valence-corrected chi connectivity index (χ2v) is 6.58. The summed E-state index contributed by atoms with van der Waals surface area (Å²) >= 11 is 0. The van der Waals surface area contributed by atoms with Crippen molar-refractivity contribution in [3.05, 3.63) is 76.1 Å². The van der Waals surface area contributed by atoms with Gasteiger partial charge < -0.3 is 0 Å². The number of carbonyl (C=O) groups excluding carboxylic acids is 1. The number of carbonyl (C=O) groups is 1. The van der Waals surface area contributed by atoms with Crippen LogP contribution in [0.15, 0.2) is 42.5 Å². The lowest BCUT2D eigenvalue weighted by Crippen LogP contribution is -2.20. The van der Waals surface area contributed by atoms with Crippen LogP contribution in [0, 0.1) is 5.82 Å². The number of benzene rings is 2. The van der Waals surface area contributed by atoms with Gasteiger partial charge in [0.1, 0.15) is 17.6 Å². The Morgan fingerprint density at radius 2 is 1.52 bits per heavy atom. The molecule has 0 aromatic heterocycles. The SMILES string of the molecule is CC(F)(F)c1cc(/C(F)=C/C(c2ccc(F)c(C(F)(F)F)c2)C(F)(F)F)ccc1C=O. The number of alkyl halides is 8. The van der Waals surface area contributed by atoms with Gasteiger partial charge in [-0.15, -0.1) is 0 Å². The molecule has 0 saturated heterocycles. The maximum atomic E-state index is 14.6. The molecule has 2 aromatic rings. The minimum absolute atomic E-state index is 0.0494. The molecule has 0 saturated carbocycles. The summed E-state index contributed by atoms with van der Waals surface area (Å²) in [5.74, 6) is -10.1. The fraction of sp³-hybridized carbons (Fsp3) is 0.250. The second-order valence-electron chi connectivity index (χ2n) is 6.58. The zero-order chi connectivity index (χ0) is 23.8. The van der Waals surface area contributed by atoms with Crippen LogP contribution >= 0.6 is 0 Å². The van der Waals surface area contributed by atoms with Crippen molar-refractivity contribution in [3.63, 3.8) is 0 Å². The Labute approximate surface area is 169 Å². The van der Waals surface area contributed by atoms with E-state index in [1.165, 1.54) is 0 Å². The predicted molar refractivity (Wildman–Crippen MR) is 90.7 cm³/mol. The van der Waals surface area contributed by atoms with Gasteiger partial charge in [0.05, 0.1) is 5.56 Å². The normalized spacial score (nSPS) is 14.5. The fourth-order valence-corrected chi connectivity index (χ4v) is 2.76. The van der Waals surface area contributed by atoms with Gasteiger partial charge in [-0.3, -0.25) is 4.79 Å². The molecule has 0 aliphatic rings. The highest BCUT2D eigenvalue weighted by molar-refractivity contribution is 5.79. The molecule has 1 atom stereocenters. The summed E-state index contributed by atoms with van der Waals surface area (Å²) in [5, 5.41) is 0. The summed E-state index contributed by atoms with van der Waals surface area (Å²) in [7, 11) is 0. The van der Waals surface area contributed by atoms with E-state index in [2.05, 4.69) is 0 Å². The van der Waals surface area contributed by atoms with Gasteiger partial charge in [0.2, 0.25) is 0 Å². The van der Waals surface area contributed by atoms with Crippen LogP contribution in [-0.2, 0) is 12.1 Å². The average Bonchev–Trinajstić information content (AvgIpc) is 2.63. The molecule has 0 bridgehead atoms. The maximum Gasteiger partial charge on any atom is 0.419 e. The molecule has 0 radical (unpaired) electrons. The maximum absolute atomic E-state index is 14.6. The first-order valence-corrected chi connectivity index (χ1v) is 8.34. The zero-order valence-electron chi connectivity index (χ0n) is 15.4. The summed E-state index contributed by atoms with van der Waals surface area (Å²) in [4.78, 5) is 10.9. The lowest BCUT2D eigenvalue weighted by molar-refractivity contribution is -0.143. The third-order valence-corrected chi connectivity index (χ3v) is 4.25. The molecule has 0 spiro atoms. The molecule has 0 N–H and O–H groups in total. The first kappa shape index (κ1) is 24.4. The minimum atomic E-state index is -5.30. The summed E-state index contributed by atoms with van der Waals surface area (Å²) in [6.45, 7) is 0.385. The Balaban J connectivity index is 2.62. The summed E-state index contributed by atoms with van der Waals surface area (Å²) in [6.07, 6.45) is -10.7. The van der Waals surface area contributed by atoms with Gasteiger partial charge in [0.15, 0.2) is 6.29 Å². The smallest absolute Gasteiger partial charge is 0.298 e. The molecule has 168 valence electrons. The van der Waals surface area contributed by atoms with E-state index < -0.39 is 63.7 Å². The van der Waals surface area contributed by atoms with Crippen LogP contribution in [0.1, 0.15) is 45.5 Å². The molecule has 1 nitrogen and oxygen atoms in total. The number of allylic oxidation sites excluding steroid dienone is 1. The number of hydrogen-bond acceptors (Lipinski definition) is 1. The van der Waals surface area contributed by atoms with Crippen molar-refractivity contribution in [2.24, 2.45) is 0 Å². The van der Waals surface area contributed by atoms with Crippen LogP contribution in [0.25, 0.3) is 5.83 Å². The molecule has 2 rings (SSSR count). The van der Waals surface area contributed by atoms with Gasteiger partial charge in [0.25, 0.3) is 5.92 Å². The standard InChI is InChI=1S/C20H12F10O/c1-18(23,24)13-7-11(2-3-12(13)9-31)17(22)8-14(19(25,26)27)10-4-5-16(21)15(6-10)20(28,29)30/h2-9,14H,1H3/b17-8-. The summed E-state index contributed by atoms with van der Waals surface area (Å²) < 4.78 is 134. The molecular formula is C20H12F10O. The van der Waals surface area contributed by atoms with Crippen LogP contribution in [0.3, 0.4) is 0 Å². The van der Waals surface area contributed by atoms with Gasteiger partial charge >= 0.3 is 12.4 Å².